The van der Waals surface area contributed by atoms with Crippen LogP contribution in [0.25, 0.3) is 0 Å². The molecule has 0 unspecified atom stereocenters. The van der Waals surface area contributed by atoms with Crippen LogP contribution in [0.5, 0.6) is 11.5 Å². The van der Waals surface area contributed by atoms with Crippen molar-refractivity contribution >= 4 is 27.7 Å². The number of halogens is 1. The van der Waals surface area contributed by atoms with Crippen molar-refractivity contribution in [1.82, 2.24) is 10.6 Å². The highest BCUT2D eigenvalue weighted by molar-refractivity contribution is 9.10. The van der Waals surface area contributed by atoms with E-state index < -0.39 is 5.41 Å². The summed E-state index contributed by atoms with van der Waals surface area (Å²) in [6.07, 6.45) is 0.913. The Kier molecular flexibility index (Phi) is 8.22. The standard InChI is InChI=1S/C18H27BrN2O4/c1-18(2,3)17(23)21-9-7-16(22)20-8-6-12-10-14(24-4)15(25-5)11-13(12)19/h10-11H,6-9H2,1-5H3,(H,20,22)(H,21,23). The SMILES string of the molecule is COc1cc(Br)c(CCNC(=O)CCNC(=O)C(C)(C)C)cc1OC. The van der Waals surface area contributed by atoms with E-state index >= 15 is 0 Å². The van der Waals surface area contributed by atoms with Crippen molar-refractivity contribution in [2.75, 3.05) is 27.3 Å². The molecule has 6 nitrogen and oxygen atoms in total. The molecule has 0 aromatic heterocycles. The fourth-order valence-corrected chi connectivity index (χ4v) is 2.59. The van der Waals surface area contributed by atoms with Gasteiger partial charge in [-0.15, -0.1) is 0 Å². The molecular weight excluding hydrogens is 388 g/mol. The fraction of sp³-hybridized carbons (Fsp3) is 0.556. The first-order valence-corrected chi connectivity index (χ1v) is 8.93. The number of hydrogen-bond donors (Lipinski definition) is 2. The molecule has 1 aromatic rings. The van der Waals surface area contributed by atoms with Gasteiger partial charge in [-0.25, -0.2) is 0 Å². The van der Waals surface area contributed by atoms with Gasteiger partial charge in [0.1, 0.15) is 0 Å². The van der Waals surface area contributed by atoms with Crippen molar-refractivity contribution in [1.29, 1.82) is 0 Å². The second-order valence-electron chi connectivity index (χ2n) is 6.65. The molecule has 0 saturated carbocycles. The molecule has 2 amide bonds. The number of carbonyl (C=O) groups excluding carboxylic acids is 2. The maximum Gasteiger partial charge on any atom is 0.225 e. The van der Waals surface area contributed by atoms with Crippen LogP contribution >= 0.6 is 15.9 Å². The number of ether oxygens (including phenoxy) is 2. The summed E-state index contributed by atoms with van der Waals surface area (Å²) in [4.78, 5) is 23.6. The highest BCUT2D eigenvalue weighted by atomic mass is 79.9. The van der Waals surface area contributed by atoms with Crippen molar-refractivity contribution in [3.05, 3.63) is 22.2 Å². The van der Waals surface area contributed by atoms with Gasteiger partial charge in [0.25, 0.3) is 0 Å². The predicted molar refractivity (Wildman–Crippen MR) is 101 cm³/mol. The van der Waals surface area contributed by atoms with Crippen LogP contribution in [-0.4, -0.2) is 39.1 Å². The Morgan fingerprint density at radius 2 is 1.64 bits per heavy atom. The van der Waals surface area contributed by atoms with Crippen molar-refractivity contribution in [3.63, 3.8) is 0 Å². The van der Waals surface area contributed by atoms with Gasteiger partial charge < -0.3 is 20.1 Å². The van der Waals surface area contributed by atoms with Crippen LogP contribution in [0.3, 0.4) is 0 Å². The summed E-state index contributed by atoms with van der Waals surface area (Å²) in [5.41, 5.74) is 0.565. The van der Waals surface area contributed by atoms with E-state index in [1.54, 1.807) is 14.2 Å². The second-order valence-corrected chi connectivity index (χ2v) is 7.51. The van der Waals surface area contributed by atoms with E-state index in [-0.39, 0.29) is 18.2 Å². The number of carbonyl (C=O) groups is 2. The van der Waals surface area contributed by atoms with Crippen molar-refractivity contribution in [3.8, 4) is 11.5 Å². The molecule has 1 aromatic carbocycles. The Morgan fingerprint density at radius 1 is 1.04 bits per heavy atom. The average molecular weight is 415 g/mol. The summed E-state index contributed by atoms with van der Waals surface area (Å²) in [5, 5.41) is 5.61. The first kappa shape index (κ1) is 21.3. The van der Waals surface area contributed by atoms with Gasteiger partial charge in [0, 0.05) is 29.4 Å². The average Bonchev–Trinajstić information content (AvgIpc) is 2.54. The van der Waals surface area contributed by atoms with E-state index in [1.807, 2.05) is 32.9 Å². The molecule has 0 aliphatic rings. The maximum atomic E-state index is 11.9. The van der Waals surface area contributed by atoms with Crippen molar-refractivity contribution < 1.29 is 19.1 Å². The van der Waals surface area contributed by atoms with Crippen LogP contribution in [0.1, 0.15) is 32.8 Å². The Morgan fingerprint density at radius 3 is 2.20 bits per heavy atom. The Labute approximate surface area is 157 Å². The van der Waals surface area contributed by atoms with E-state index in [2.05, 4.69) is 26.6 Å². The monoisotopic (exact) mass is 414 g/mol. The van der Waals surface area contributed by atoms with E-state index in [0.717, 1.165) is 10.0 Å². The minimum atomic E-state index is -0.448. The highest BCUT2D eigenvalue weighted by Gasteiger charge is 2.20. The molecule has 0 atom stereocenters. The van der Waals surface area contributed by atoms with Crippen LogP contribution in [0.4, 0.5) is 0 Å². The van der Waals surface area contributed by atoms with Gasteiger partial charge in [-0.05, 0) is 24.1 Å². The second kappa shape index (κ2) is 9.65. The lowest BCUT2D eigenvalue weighted by Crippen LogP contribution is -2.37. The molecule has 1 rings (SSSR count). The maximum absolute atomic E-state index is 11.9. The molecule has 2 N–H and O–H groups in total. The van der Waals surface area contributed by atoms with Crippen LogP contribution in [0.2, 0.25) is 0 Å². The topological polar surface area (TPSA) is 76.7 Å². The van der Waals surface area contributed by atoms with E-state index in [1.165, 1.54) is 0 Å². The number of rotatable bonds is 8. The molecule has 140 valence electrons. The lowest BCUT2D eigenvalue weighted by molar-refractivity contribution is -0.128. The van der Waals surface area contributed by atoms with Crippen molar-refractivity contribution in [2.24, 2.45) is 5.41 Å². The molecular formula is C18H27BrN2O4. The van der Waals surface area contributed by atoms with E-state index in [9.17, 15) is 9.59 Å². The number of hydrogen-bond acceptors (Lipinski definition) is 4. The van der Waals surface area contributed by atoms with Gasteiger partial charge in [0.15, 0.2) is 11.5 Å². The zero-order valence-corrected chi connectivity index (χ0v) is 17.1. The van der Waals surface area contributed by atoms with Gasteiger partial charge >= 0.3 is 0 Å². The fourth-order valence-electron chi connectivity index (χ4n) is 2.07. The molecule has 0 heterocycles. The zero-order valence-electron chi connectivity index (χ0n) is 15.5. The first-order valence-electron chi connectivity index (χ1n) is 8.14. The molecule has 7 heteroatoms. The summed E-state index contributed by atoms with van der Waals surface area (Å²) in [5.74, 6) is 1.15. The number of benzene rings is 1. The lowest BCUT2D eigenvalue weighted by Gasteiger charge is -2.17. The third kappa shape index (κ3) is 6.94. The molecule has 0 radical (unpaired) electrons. The van der Waals surface area contributed by atoms with Gasteiger partial charge in [-0.3, -0.25) is 9.59 Å². The number of nitrogens with one attached hydrogen (secondary N) is 2. The smallest absolute Gasteiger partial charge is 0.225 e. The molecule has 0 fully saturated rings. The summed E-state index contributed by atoms with van der Waals surface area (Å²) in [6.45, 7) is 6.35. The Balaban J connectivity index is 2.42. The van der Waals surface area contributed by atoms with Gasteiger partial charge in [0.2, 0.25) is 11.8 Å². The summed E-state index contributed by atoms with van der Waals surface area (Å²) >= 11 is 3.50. The van der Waals surface area contributed by atoms with Gasteiger partial charge in [-0.1, -0.05) is 36.7 Å². The predicted octanol–water partition coefficient (Wildman–Crippen LogP) is 2.68. The quantitative estimate of drug-likeness (QED) is 0.685. The van der Waals surface area contributed by atoms with Crippen LogP contribution < -0.4 is 20.1 Å². The van der Waals surface area contributed by atoms with Crippen LogP contribution in [0.15, 0.2) is 16.6 Å². The number of amides is 2. The molecule has 0 spiro atoms. The zero-order chi connectivity index (χ0) is 19.0. The molecule has 25 heavy (non-hydrogen) atoms. The van der Waals surface area contributed by atoms with Gasteiger partial charge in [-0.2, -0.15) is 0 Å². The molecule has 0 bridgehead atoms. The van der Waals surface area contributed by atoms with Crippen LogP contribution in [0, 0.1) is 5.41 Å². The van der Waals surface area contributed by atoms with E-state index in [0.29, 0.717) is 31.0 Å². The Hall–Kier alpha value is -1.76. The normalized spacial score (nSPS) is 11.0. The summed E-state index contributed by atoms with van der Waals surface area (Å²) in [7, 11) is 3.17. The lowest BCUT2D eigenvalue weighted by atomic mass is 9.96. The molecule has 0 aliphatic heterocycles. The third-order valence-corrected chi connectivity index (χ3v) is 4.33. The Bertz CT molecular complexity index is 612. The van der Waals surface area contributed by atoms with Gasteiger partial charge in [0.05, 0.1) is 14.2 Å². The minimum absolute atomic E-state index is 0.0606. The van der Waals surface area contributed by atoms with E-state index in [4.69, 9.17) is 9.47 Å². The number of methoxy groups -OCH3 is 2. The van der Waals surface area contributed by atoms with Crippen molar-refractivity contribution in [2.45, 2.75) is 33.6 Å². The largest absolute Gasteiger partial charge is 0.493 e. The molecule has 0 saturated heterocycles. The third-order valence-electron chi connectivity index (χ3n) is 3.59. The molecule has 0 aliphatic carbocycles. The minimum Gasteiger partial charge on any atom is -0.493 e. The summed E-state index contributed by atoms with van der Waals surface area (Å²) < 4.78 is 11.4. The summed E-state index contributed by atoms with van der Waals surface area (Å²) in [6, 6.07) is 3.73. The van der Waals surface area contributed by atoms with Crippen LogP contribution in [-0.2, 0) is 16.0 Å². The highest BCUT2D eigenvalue weighted by Crippen LogP contribution is 2.33. The first-order chi connectivity index (χ1) is 11.7.